The summed E-state index contributed by atoms with van der Waals surface area (Å²) in [6.45, 7) is 2.04. The van der Waals surface area contributed by atoms with Gasteiger partial charge in [-0.3, -0.25) is 10.2 Å². The number of ether oxygens (including phenoxy) is 1. The van der Waals surface area contributed by atoms with Crippen molar-refractivity contribution in [1.82, 2.24) is 4.42 Å². The summed E-state index contributed by atoms with van der Waals surface area (Å²) in [6.07, 6.45) is -1.14. The highest BCUT2D eigenvalue weighted by molar-refractivity contribution is 9.10. The molecular weight excluding hydrogens is 425 g/mol. The van der Waals surface area contributed by atoms with Gasteiger partial charge < -0.3 is 10.5 Å². The number of nitrogens with zero attached hydrogens (tertiary/aromatic N) is 1. The number of carbonyl (C=O) groups excluding carboxylic acids is 1. The maximum absolute atomic E-state index is 14.2. The van der Waals surface area contributed by atoms with E-state index in [1.165, 1.54) is 12.1 Å². The standard InChI is InChI=1S/C18H18BrClFN3O2/c1-2-26-16(14-8-7-13(19)9-15(14)21)18(25)24(20)10-11-3-5-12(6-4-11)17(22)23/h3-9,16H,2,10H2,1H3,(H3,22,23). The molecule has 0 saturated carbocycles. The van der Waals surface area contributed by atoms with Crippen molar-refractivity contribution in [1.29, 1.82) is 5.41 Å². The molecule has 8 heteroatoms. The smallest absolute Gasteiger partial charge is 0.271 e. The number of amides is 1. The largest absolute Gasteiger partial charge is 0.384 e. The lowest BCUT2D eigenvalue weighted by atomic mass is 10.1. The molecule has 26 heavy (non-hydrogen) atoms. The molecule has 0 aliphatic heterocycles. The summed E-state index contributed by atoms with van der Waals surface area (Å²) < 4.78 is 21.2. The quantitative estimate of drug-likeness (QED) is 0.384. The van der Waals surface area contributed by atoms with Crippen LogP contribution in [-0.2, 0) is 16.1 Å². The minimum atomic E-state index is -1.14. The second kappa shape index (κ2) is 9.12. The highest BCUT2D eigenvalue weighted by atomic mass is 79.9. The molecule has 2 rings (SSSR count). The zero-order valence-corrected chi connectivity index (χ0v) is 16.3. The number of hydrogen-bond acceptors (Lipinski definition) is 3. The monoisotopic (exact) mass is 441 g/mol. The maximum Gasteiger partial charge on any atom is 0.271 e. The average molecular weight is 443 g/mol. The number of nitrogen functional groups attached to an aromatic ring is 1. The Morgan fingerprint density at radius 1 is 1.35 bits per heavy atom. The molecule has 0 radical (unpaired) electrons. The molecule has 138 valence electrons. The first-order chi connectivity index (χ1) is 12.3. The summed E-state index contributed by atoms with van der Waals surface area (Å²) >= 11 is 9.32. The third kappa shape index (κ3) is 5.03. The summed E-state index contributed by atoms with van der Waals surface area (Å²) in [5.41, 5.74) is 6.85. The molecule has 0 saturated heterocycles. The Hall–Kier alpha value is -1.96. The fourth-order valence-electron chi connectivity index (χ4n) is 2.33. The maximum atomic E-state index is 14.2. The number of rotatable bonds is 7. The SMILES string of the molecule is CCOC(C(=O)N(Cl)Cc1ccc(C(=N)N)cc1)c1ccc(Br)cc1F. The molecule has 0 bridgehead atoms. The molecule has 0 aliphatic rings. The van der Waals surface area contributed by atoms with E-state index in [-0.39, 0.29) is 24.6 Å². The Morgan fingerprint density at radius 3 is 2.54 bits per heavy atom. The predicted molar refractivity (Wildman–Crippen MR) is 102 cm³/mol. The van der Waals surface area contributed by atoms with E-state index in [0.29, 0.717) is 10.0 Å². The molecule has 1 atom stereocenters. The van der Waals surface area contributed by atoms with Gasteiger partial charge in [0.1, 0.15) is 11.7 Å². The summed E-state index contributed by atoms with van der Waals surface area (Å²) in [5.74, 6) is -1.16. The summed E-state index contributed by atoms with van der Waals surface area (Å²) in [6, 6.07) is 11.2. The zero-order valence-electron chi connectivity index (χ0n) is 14.0. The highest BCUT2D eigenvalue weighted by Gasteiger charge is 2.28. The van der Waals surface area contributed by atoms with Gasteiger partial charge in [0.05, 0.1) is 6.54 Å². The molecule has 5 nitrogen and oxygen atoms in total. The van der Waals surface area contributed by atoms with Crippen LogP contribution >= 0.6 is 27.7 Å². The minimum absolute atomic E-state index is 0.0440. The van der Waals surface area contributed by atoms with Crippen LogP contribution < -0.4 is 5.73 Å². The average Bonchev–Trinajstić information content (AvgIpc) is 2.60. The van der Waals surface area contributed by atoms with Gasteiger partial charge >= 0.3 is 0 Å². The Morgan fingerprint density at radius 2 is 2.00 bits per heavy atom. The molecule has 3 N–H and O–H groups in total. The molecule has 0 fully saturated rings. The predicted octanol–water partition coefficient (Wildman–Crippen LogP) is 4.13. The van der Waals surface area contributed by atoms with Crippen LogP contribution in [0.5, 0.6) is 0 Å². The van der Waals surface area contributed by atoms with E-state index in [1.54, 1.807) is 37.3 Å². The molecule has 0 aliphatic carbocycles. The summed E-state index contributed by atoms with van der Waals surface area (Å²) in [5, 5.41) is 7.38. The van der Waals surface area contributed by atoms with Gasteiger partial charge in [-0.1, -0.05) is 46.3 Å². The molecular formula is C18H18BrClFN3O2. The first-order valence-corrected chi connectivity index (χ1v) is 8.93. The van der Waals surface area contributed by atoms with E-state index >= 15 is 0 Å². The van der Waals surface area contributed by atoms with Crippen molar-refractivity contribution in [3.63, 3.8) is 0 Å². The summed E-state index contributed by atoms with van der Waals surface area (Å²) in [7, 11) is 0. The Balaban J connectivity index is 2.18. The second-order valence-corrected chi connectivity index (χ2v) is 6.79. The highest BCUT2D eigenvalue weighted by Crippen LogP contribution is 2.27. The van der Waals surface area contributed by atoms with Crippen molar-refractivity contribution in [3.8, 4) is 0 Å². The first-order valence-electron chi connectivity index (χ1n) is 7.80. The lowest BCUT2D eigenvalue weighted by Gasteiger charge is -2.22. The van der Waals surface area contributed by atoms with E-state index in [2.05, 4.69) is 15.9 Å². The normalized spacial score (nSPS) is 11.8. The lowest BCUT2D eigenvalue weighted by Crippen LogP contribution is -2.29. The molecule has 2 aromatic carbocycles. The van der Waals surface area contributed by atoms with Crippen LogP contribution in [0.1, 0.15) is 29.7 Å². The molecule has 1 unspecified atom stereocenters. The van der Waals surface area contributed by atoms with Gasteiger partial charge in [0, 0.05) is 34.0 Å². The van der Waals surface area contributed by atoms with Crippen molar-refractivity contribution in [2.75, 3.05) is 6.61 Å². The van der Waals surface area contributed by atoms with Crippen LogP contribution in [-0.4, -0.2) is 22.8 Å². The van der Waals surface area contributed by atoms with Crippen molar-refractivity contribution in [2.24, 2.45) is 5.73 Å². The molecule has 1 amide bonds. The molecule has 0 spiro atoms. The van der Waals surface area contributed by atoms with E-state index in [4.69, 9.17) is 27.7 Å². The number of hydrogen-bond donors (Lipinski definition) is 2. The third-order valence-electron chi connectivity index (χ3n) is 3.63. The van der Waals surface area contributed by atoms with Crippen LogP contribution in [0.3, 0.4) is 0 Å². The molecule has 2 aromatic rings. The first kappa shape index (κ1) is 20.4. The van der Waals surface area contributed by atoms with Crippen LogP contribution in [0.4, 0.5) is 4.39 Å². The van der Waals surface area contributed by atoms with Gasteiger partial charge in [-0.2, -0.15) is 0 Å². The van der Waals surface area contributed by atoms with Crippen LogP contribution in [0, 0.1) is 11.2 Å². The van der Waals surface area contributed by atoms with Crippen molar-refractivity contribution >= 4 is 39.4 Å². The van der Waals surface area contributed by atoms with E-state index in [9.17, 15) is 9.18 Å². The number of nitrogens with two attached hydrogens (primary N) is 1. The number of carbonyl (C=O) groups is 1. The van der Waals surface area contributed by atoms with Crippen LogP contribution in [0.2, 0.25) is 0 Å². The van der Waals surface area contributed by atoms with Gasteiger partial charge in [-0.05, 0) is 24.6 Å². The number of nitrogens with one attached hydrogen (secondary N) is 1. The minimum Gasteiger partial charge on any atom is -0.384 e. The van der Waals surface area contributed by atoms with Crippen molar-refractivity contribution < 1.29 is 13.9 Å². The second-order valence-electron chi connectivity index (χ2n) is 5.47. The van der Waals surface area contributed by atoms with E-state index < -0.39 is 17.8 Å². The van der Waals surface area contributed by atoms with E-state index in [0.717, 1.165) is 9.98 Å². The number of benzene rings is 2. The Kier molecular flexibility index (Phi) is 7.14. The fraction of sp³-hybridized carbons (Fsp3) is 0.222. The zero-order chi connectivity index (χ0) is 19.3. The van der Waals surface area contributed by atoms with Crippen molar-refractivity contribution in [2.45, 2.75) is 19.6 Å². The Bertz CT molecular complexity index is 802. The van der Waals surface area contributed by atoms with Crippen LogP contribution in [0.15, 0.2) is 46.9 Å². The molecule has 0 aromatic heterocycles. The van der Waals surface area contributed by atoms with Gasteiger partial charge in [0.2, 0.25) is 0 Å². The van der Waals surface area contributed by atoms with Gasteiger partial charge in [-0.25, -0.2) is 8.81 Å². The van der Waals surface area contributed by atoms with Gasteiger partial charge in [0.25, 0.3) is 5.91 Å². The third-order valence-corrected chi connectivity index (χ3v) is 4.41. The number of halogens is 3. The van der Waals surface area contributed by atoms with Crippen LogP contribution in [0.25, 0.3) is 0 Å². The van der Waals surface area contributed by atoms with E-state index in [1.807, 2.05) is 0 Å². The fourth-order valence-corrected chi connectivity index (χ4v) is 2.89. The molecule has 0 heterocycles. The lowest BCUT2D eigenvalue weighted by molar-refractivity contribution is -0.139. The van der Waals surface area contributed by atoms with Gasteiger partial charge in [0.15, 0.2) is 6.10 Å². The van der Waals surface area contributed by atoms with Crippen molar-refractivity contribution in [3.05, 3.63) is 69.4 Å². The topological polar surface area (TPSA) is 79.4 Å². The summed E-state index contributed by atoms with van der Waals surface area (Å²) in [4.78, 5) is 12.7. The van der Waals surface area contributed by atoms with Gasteiger partial charge in [-0.15, -0.1) is 0 Å². The Labute approximate surface area is 164 Å². The number of amidine groups is 1.